The van der Waals surface area contributed by atoms with Crippen LogP contribution in [0.5, 0.6) is 0 Å². The number of carboxylic acids is 1. The van der Waals surface area contributed by atoms with Crippen LogP contribution in [-0.4, -0.2) is 52.9 Å². The summed E-state index contributed by atoms with van der Waals surface area (Å²) in [7, 11) is 0. The zero-order valence-electron chi connectivity index (χ0n) is 10.9. The first kappa shape index (κ1) is 15.7. The van der Waals surface area contributed by atoms with Gasteiger partial charge in [0.15, 0.2) is 0 Å². The molecule has 100 valence electrons. The summed E-state index contributed by atoms with van der Waals surface area (Å²) >= 11 is 0. The molecule has 0 aromatic rings. The van der Waals surface area contributed by atoms with Gasteiger partial charge in [-0.1, -0.05) is 20.8 Å². The molecule has 6 heteroatoms. The van der Waals surface area contributed by atoms with Crippen LogP contribution in [0, 0.1) is 5.41 Å². The van der Waals surface area contributed by atoms with E-state index < -0.39 is 23.5 Å². The highest BCUT2D eigenvalue weighted by molar-refractivity contribution is 5.83. The molecule has 0 bridgehead atoms. The van der Waals surface area contributed by atoms with Crippen molar-refractivity contribution >= 4 is 12.0 Å². The topological polar surface area (TPSA) is 89.9 Å². The number of rotatable bonds is 5. The van der Waals surface area contributed by atoms with Crippen molar-refractivity contribution in [3.8, 4) is 0 Å². The molecule has 0 rings (SSSR count). The molecular formula is C11H22N2O4. The van der Waals surface area contributed by atoms with E-state index >= 15 is 0 Å². The summed E-state index contributed by atoms with van der Waals surface area (Å²) in [6, 6.07) is -1.42. The number of carboxylic acid groups (broad SMARTS) is 1. The minimum atomic E-state index is -1.06. The largest absolute Gasteiger partial charge is 0.480 e. The van der Waals surface area contributed by atoms with Crippen LogP contribution < -0.4 is 5.32 Å². The lowest BCUT2D eigenvalue weighted by Crippen LogP contribution is -2.53. The molecule has 0 heterocycles. The molecular weight excluding hydrogens is 224 g/mol. The fraction of sp³-hybridized carbons (Fsp3) is 0.818. The van der Waals surface area contributed by atoms with Crippen molar-refractivity contribution in [2.45, 2.75) is 33.7 Å². The molecule has 0 aliphatic carbocycles. The van der Waals surface area contributed by atoms with Crippen LogP contribution in [0.4, 0.5) is 4.79 Å². The molecule has 0 spiro atoms. The normalized spacial score (nSPS) is 13.0. The Balaban J connectivity index is 4.66. The number of likely N-dealkylation sites (N-methyl/N-ethyl adjacent to an activating group) is 1. The molecule has 0 fully saturated rings. The van der Waals surface area contributed by atoms with E-state index in [1.807, 2.05) is 0 Å². The van der Waals surface area contributed by atoms with E-state index in [2.05, 4.69) is 5.32 Å². The Labute approximate surface area is 102 Å². The lowest BCUT2D eigenvalue weighted by molar-refractivity contribution is -0.142. The van der Waals surface area contributed by atoms with Crippen molar-refractivity contribution in [2.24, 2.45) is 5.41 Å². The molecule has 0 radical (unpaired) electrons. The van der Waals surface area contributed by atoms with E-state index in [9.17, 15) is 9.59 Å². The molecule has 2 amide bonds. The van der Waals surface area contributed by atoms with Crippen LogP contribution in [-0.2, 0) is 4.79 Å². The number of hydrogen-bond acceptors (Lipinski definition) is 3. The average Bonchev–Trinajstić information content (AvgIpc) is 2.19. The van der Waals surface area contributed by atoms with Crippen LogP contribution >= 0.6 is 0 Å². The molecule has 0 aliphatic rings. The Kier molecular flexibility index (Phi) is 5.95. The number of nitrogens with one attached hydrogen (secondary N) is 1. The Morgan fingerprint density at radius 2 is 1.88 bits per heavy atom. The Bertz CT molecular complexity index is 273. The van der Waals surface area contributed by atoms with Gasteiger partial charge in [0.05, 0.1) is 6.61 Å². The fourth-order valence-corrected chi connectivity index (χ4v) is 1.39. The van der Waals surface area contributed by atoms with E-state index in [0.29, 0.717) is 6.54 Å². The van der Waals surface area contributed by atoms with Crippen LogP contribution in [0.1, 0.15) is 27.7 Å². The lowest BCUT2D eigenvalue weighted by Gasteiger charge is -2.30. The number of aliphatic hydroxyl groups excluding tert-OH is 1. The van der Waals surface area contributed by atoms with Gasteiger partial charge in [-0.3, -0.25) is 0 Å². The van der Waals surface area contributed by atoms with E-state index in [4.69, 9.17) is 10.2 Å². The summed E-state index contributed by atoms with van der Waals surface area (Å²) in [6.07, 6.45) is 0. The first-order valence-electron chi connectivity index (χ1n) is 5.63. The van der Waals surface area contributed by atoms with Crippen molar-refractivity contribution in [3.63, 3.8) is 0 Å². The summed E-state index contributed by atoms with van der Waals surface area (Å²) < 4.78 is 0. The number of urea groups is 1. The van der Waals surface area contributed by atoms with Gasteiger partial charge >= 0.3 is 12.0 Å². The molecule has 0 aromatic heterocycles. The first-order chi connectivity index (χ1) is 7.73. The first-order valence-corrected chi connectivity index (χ1v) is 5.63. The summed E-state index contributed by atoms with van der Waals surface area (Å²) in [6.45, 7) is 7.47. The van der Waals surface area contributed by atoms with Crippen LogP contribution in [0.3, 0.4) is 0 Å². The van der Waals surface area contributed by atoms with E-state index in [1.54, 1.807) is 27.7 Å². The zero-order chi connectivity index (χ0) is 13.6. The lowest BCUT2D eigenvalue weighted by atomic mass is 9.87. The summed E-state index contributed by atoms with van der Waals surface area (Å²) in [5.41, 5.74) is -0.569. The Hall–Kier alpha value is -1.30. The van der Waals surface area contributed by atoms with Crippen molar-refractivity contribution in [1.29, 1.82) is 0 Å². The van der Waals surface area contributed by atoms with Crippen molar-refractivity contribution < 1.29 is 19.8 Å². The number of carbonyl (C=O) groups is 2. The number of hydrogen-bond donors (Lipinski definition) is 3. The van der Waals surface area contributed by atoms with Crippen LogP contribution in [0.2, 0.25) is 0 Å². The minimum absolute atomic E-state index is 0.144. The number of carbonyl (C=O) groups excluding carboxylic acids is 1. The highest BCUT2D eigenvalue weighted by Crippen LogP contribution is 2.19. The van der Waals surface area contributed by atoms with Gasteiger partial charge in [0.2, 0.25) is 0 Å². The average molecular weight is 246 g/mol. The van der Waals surface area contributed by atoms with Crippen molar-refractivity contribution in [2.75, 3.05) is 19.7 Å². The second-order valence-electron chi connectivity index (χ2n) is 4.89. The fourth-order valence-electron chi connectivity index (χ4n) is 1.39. The molecule has 0 unspecified atom stereocenters. The van der Waals surface area contributed by atoms with Gasteiger partial charge in [0, 0.05) is 13.1 Å². The highest BCUT2D eigenvalue weighted by atomic mass is 16.4. The maximum atomic E-state index is 11.8. The number of amides is 2. The third-order valence-corrected chi connectivity index (χ3v) is 2.42. The predicted octanol–water partition coefficient (Wildman–Crippen LogP) is 0.509. The van der Waals surface area contributed by atoms with Gasteiger partial charge in [-0.15, -0.1) is 0 Å². The highest BCUT2D eigenvalue weighted by Gasteiger charge is 2.33. The van der Waals surface area contributed by atoms with Gasteiger partial charge in [-0.2, -0.15) is 0 Å². The second-order valence-corrected chi connectivity index (χ2v) is 4.89. The summed E-state index contributed by atoms with van der Waals surface area (Å²) in [4.78, 5) is 24.2. The van der Waals surface area contributed by atoms with Crippen LogP contribution in [0.15, 0.2) is 0 Å². The molecule has 0 saturated carbocycles. The van der Waals surface area contributed by atoms with Gasteiger partial charge in [0.25, 0.3) is 0 Å². The molecule has 0 aliphatic heterocycles. The number of nitrogens with zero attached hydrogens (tertiary/aromatic N) is 1. The molecule has 3 N–H and O–H groups in total. The molecule has 1 atom stereocenters. The summed E-state index contributed by atoms with van der Waals surface area (Å²) in [5, 5.41) is 20.3. The monoisotopic (exact) mass is 246 g/mol. The molecule has 17 heavy (non-hydrogen) atoms. The maximum absolute atomic E-state index is 11.8. The van der Waals surface area contributed by atoms with Gasteiger partial charge in [-0.05, 0) is 12.3 Å². The zero-order valence-corrected chi connectivity index (χ0v) is 10.9. The minimum Gasteiger partial charge on any atom is -0.480 e. The number of aliphatic carboxylic acids is 1. The third kappa shape index (κ3) is 5.04. The maximum Gasteiger partial charge on any atom is 0.326 e. The van der Waals surface area contributed by atoms with Crippen molar-refractivity contribution in [3.05, 3.63) is 0 Å². The predicted molar refractivity (Wildman–Crippen MR) is 63.7 cm³/mol. The summed E-state index contributed by atoms with van der Waals surface area (Å²) in [5.74, 6) is -1.06. The van der Waals surface area contributed by atoms with Crippen LogP contribution in [0.25, 0.3) is 0 Å². The van der Waals surface area contributed by atoms with Gasteiger partial charge in [-0.25, -0.2) is 9.59 Å². The molecule has 0 saturated heterocycles. The standard InChI is InChI=1S/C11H22N2O4/c1-5-13(6-7-14)10(17)12-8(9(15)16)11(2,3)4/h8,14H,5-7H2,1-4H3,(H,12,17)(H,15,16)/t8-/m0/s1. The van der Waals surface area contributed by atoms with E-state index in [0.717, 1.165) is 0 Å². The quantitative estimate of drug-likeness (QED) is 0.659. The smallest absolute Gasteiger partial charge is 0.326 e. The second kappa shape index (κ2) is 6.44. The third-order valence-electron chi connectivity index (χ3n) is 2.42. The van der Waals surface area contributed by atoms with E-state index in [1.165, 1.54) is 4.90 Å². The number of aliphatic hydroxyl groups is 1. The van der Waals surface area contributed by atoms with Gasteiger partial charge in [0.1, 0.15) is 6.04 Å². The van der Waals surface area contributed by atoms with Crippen molar-refractivity contribution in [1.82, 2.24) is 10.2 Å². The molecule has 0 aromatic carbocycles. The Morgan fingerprint density at radius 1 is 1.35 bits per heavy atom. The molecule has 6 nitrogen and oxygen atoms in total. The van der Waals surface area contributed by atoms with Gasteiger partial charge < -0.3 is 20.4 Å². The SMILES string of the molecule is CCN(CCO)C(=O)N[C@@H](C(=O)O)C(C)(C)C. The van der Waals surface area contributed by atoms with E-state index in [-0.39, 0.29) is 13.2 Å². The Morgan fingerprint density at radius 3 is 2.18 bits per heavy atom.